The number of sulfonamides is 1. The minimum atomic E-state index is -3.73. The minimum Gasteiger partial charge on any atom is -0.365 e. The summed E-state index contributed by atoms with van der Waals surface area (Å²) < 4.78 is 27.8. The first-order valence-corrected chi connectivity index (χ1v) is 10.9. The van der Waals surface area contributed by atoms with Crippen molar-refractivity contribution in [2.45, 2.75) is 11.8 Å². The molecule has 10 nitrogen and oxygen atoms in total. The Balaban J connectivity index is 1.60. The molecule has 32 heavy (non-hydrogen) atoms. The van der Waals surface area contributed by atoms with E-state index in [0.29, 0.717) is 22.8 Å². The van der Waals surface area contributed by atoms with Crippen molar-refractivity contribution >= 4 is 33.3 Å². The topological polar surface area (TPSA) is 156 Å². The Labute approximate surface area is 184 Å². The number of H-pyrrole nitrogens is 1. The van der Waals surface area contributed by atoms with Crippen LogP contribution in [0.25, 0.3) is 11.3 Å². The van der Waals surface area contributed by atoms with Crippen LogP contribution >= 0.6 is 0 Å². The number of nitrogens with two attached hydrogens (primary N) is 1. The molecule has 0 aliphatic carbocycles. The molecule has 1 amide bonds. The summed E-state index contributed by atoms with van der Waals surface area (Å²) in [5, 5.41) is 9.82. The summed E-state index contributed by atoms with van der Waals surface area (Å²) in [6.45, 7) is 1.82. The molecule has 0 unspecified atom stereocenters. The predicted molar refractivity (Wildman–Crippen MR) is 120 cm³/mol. The van der Waals surface area contributed by atoms with Gasteiger partial charge < -0.3 is 11.1 Å². The SMILES string of the molecule is Cc1cccc(S(=O)(=O)Nc2ccc(-c3[nH]nc(Nc4cnccn4)c3C(N)=O)cc2)c1. The summed E-state index contributed by atoms with van der Waals surface area (Å²) in [5.41, 5.74) is 7.91. The Kier molecular flexibility index (Phi) is 5.56. The highest BCUT2D eigenvalue weighted by Crippen LogP contribution is 2.29. The second kappa shape index (κ2) is 8.47. The molecular weight excluding hydrogens is 430 g/mol. The molecule has 4 aromatic rings. The van der Waals surface area contributed by atoms with Crippen molar-refractivity contribution in [3.63, 3.8) is 0 Å². The van der Waals surface area contributed by atoms with E-state index in [1.54, 1.807) is 36.4 Å². The van der Waals surface area contributed by atoms with Gasteiger partial charge in [-0.05, 0) is 36.8 Å². The van der Waals surface area contributed by atoms with Crippen LogP contribution in [0.4, 0.5) is 17.3 Å². The lowest BCUT2D eigenvalue weighted by molar-refractivity contribution is 0.100. The largest absolute Gasteiger partial charge is 0.365 e. The Morgan fingerprint density at radius 1 is 1.09 bits per heavy atom. The third-order valence-corrected chi connectivity index (χ3v) is 5.93. The third-order valence-electron chi connectivity index (χ3n) is 4.55. The number of carbonyl (C=O) groups is 1. The maximum Gasteiger partial charge on any atom is 0.261 e. The number of nitrogens with one attached hydrogen (secondary N) is 3. The Bertz CT molecular complexity index is 1370. The monoisotopic (exact) mass is 449 g/mol. The van der Waals surface area contributed by atoms with Crippen molar-refractivity contribution in [1.29, 1.82) is 0 Å². The van der Waals surface area contributed by atoms with Crippen molar-refractivity contribution in [2.24, 2.45) is 5.73 Å². The molecule has 0 aliphatic heterocycles. The van der Waals surface area contributed by atoms with Crippen LogP contribution in [0.5, 0.6) is 0 Å². The lowest BCUT2D eigenvalue weighted by Gasteiger charge is -2.09. The zero-order valence-electron chi connectivity index (χ0n) is 16.9. The van der Waals surface area contributed by atoms with Gasteiger partial charge in [-0.3, -0.25) is 19.6 Å². The van der Waals surface area contributed by atoms with Gasteiger partial charge in [-0.25, -0.2) is 13.4 Å². The van der Waals surface area contributed by atoms with Gasteiger partial charge in [-0.2, -0.15) is 5.10 Å². The first kappa shape index (κ1) is 21.0. The van der Waals surface area contributed by atoms with E-state index in [9.17, 15) is 13.2 Å². The van der Waals surface area contributed by atoms with E-state index in [1.807, 2.05) is 13.0 Å². The number of benzene rings is 2. The number of aromatic amines is 1. The molecule has 5 N–H and O–H groups in total. The molecule has 11 heteroatoms. The number of anilines is 3. The van der Waals surface area contributed by atoms with Crippen LogP contribution in [-0.4, -0.2) is 34.5 Å². The smallest absolute Gasteiger partial charge is 0.261 e. The maximum atomic E-state index is 12.6. The van der Waals surface area contributed by atoms with Gasteiger partial charge in [0.1, 0.15) is 11.4 Å². The number of aryl methyl sites for hydroxylation is 1. The third kappa shape index (κ3) is 4.42. The van der Waals surface area contributed by atoms with Gasteiger partial charge in [-0.15, -0.1) is 0 Å². The highest BCUT2D eigenvalue weighted by molar-refractivity contribution is 7.92. The molecule has 0 atom stereocenters. The second-order valence-electron chi connectivity index (χ2n) is 6.90. The van der Waals surface area contributed by atoms with E-state index in [4.69, 9.17) is 5.73 Å². The van der Waals surface area contributed by atoms with Crippen LogP contribution in [0.1, 0.15) is 15.9 Å². The van der Waals surface area contributed by atoms with Crippen molar-refractivity contribution < 1.29 is 13.2 Å². The fourth-order valence-electron chi connectivity index (χ4n) is 3.07. The average Bonchev–Trinajstić information content (AvgIpc) is 3.18. The Morgan fingerprint density at radius 3 is 2.53 bits per heavy atom. The number of amides is 1. The number of carbonyl (C=O) groups excluding carboxylic acids is 1. The first-order chi connectivity index (χ1) is 15.3. The minimum absolute atomic E-state index is 0.142. The van der Waals surface area contributed by atoms with Gasteiger partial charge in [0.25, 0.3) is 15.9 Å². The fourth-order valence-corrected chi connectivity index (χ4v) is 4.23. The van der Waals surface area contributed by atoms with Crippen LogP contribution < -0.4 is 15.8 Å². The molecule has 0 saturated carbocycles. The molecule has 2 aromatic heterocycles. The predicted octanol–water partition coefficient (Wildman–Crippen LogP) is 2.82. The molecule has 2 heterocycles. The van der Waals surface area contributed by atoms with Gasteiger partial charge in [0.05, 0.1) is 16.8 Å². The van der Waals surface area contributed by atoms with Crippen LogP contribution in [0.15, 0.2) is 72.0 Å². The summed E-state index contributed by atoms with van der Waals surface area (Å²) in [6.07, 6.45) is 4.50. The fraction of sp³-hybridized carbons (Fsp3) is 0.0476. The zero-order valence-corrected chi connectivity index (χ0v) is 17.7. The molecule has 0 saturated heterocycles. The van der Waals surface area contributed by atoms with E-state index < -0.39 is 15.9 Å². The van der Waals surface area contributed by atoms with Crippen molar-refractivity contribution in [2.75, 3.05) is 10.0 Å². The number of nitrogens with zero attached hydrogens (tertiary/aromatic N) is 3. The highest BCUT2D eigenvalue weighted by Gasteiger charge is 2.20. The van der Waals surface area contributed by atoms with Crippen LogP contribution in [-0.2, 0) is 10.0 Å². The Morgan fingerprint density at radius 2 is 1.88 bits per heavy atom. The van der Waals surface area contributed by atoms with E-state index in [0.717, 1.165) is 5.56 Å². The molecule has 0 bridgehead atoms. The van der Waals surface area contributed by atoms with Crippen LogP contribution in [0, 0.1) is 6.92 Å². The summed E-state index contributed by atoms with van der Waals surface area (Å²) in [6, 6.07) is 13.1. The second-order valence-corrected chi connectivity index (χ2v) is 8.58. The zero-order chi connectivity index (χ0) is 22.7. The molecule has 0 spiro atoms. The molecule has 0 aliphatic rings. The van der Waals surface area contributed by atoms with Gasteiger partial charge in [0.2, 0.25) is 0 Å². The Hall–Kier alpha value is -4.25. The standard InChI is InChI=1S/C21H19N7O3S/c1-13-3-2-4-16(11-13)32(30,31)28-15-7-5-14(6-8-15)19-18(20(22)29)21(27-26-19)25-17-12-23-9-10-24-17/h2-12,28H,1H3,(H2,22,29)(H2,24,25,26,27). The van der Waals surface area contributed by atoms with Gasteiger partial charge >= 0.3 is 0 Å². The molecular formula is C21H19N7O3S. The number of primary amides is 1. The lowest BCUT2D eigenvalue weighted by atomic mass is 10.1. The molecule has 4 rings (SSSR count). The van der Waals surface area contributed by atoms with Gasteiger partial charge in [0, 0.05) is 23.6 Å². The van der Waals surface area contributed by atoms with Gasteiger partial charge in [0.15, 0.2) is 5.82 Å². The molecule has 0 fully saturated rings. The van der Waals surface area contributed by atoms with Crippen LogP contribution in [0.2, 0.25) is 0 Å². The van der Waals surface area contributed by atoms with E-state index in [-0.39, 0.29) is 16.3 Å². The van der Waals surface area contributed by atoms with Crippen molar-refractivity contribution in [3.05, 3.63) is 78.2 Å². The van der Waals surface area contributed by atoms with E-state index in [2.05, 4.69) is 30.2 Å². The van der Waals surface area contributed by atoms with Crippen molar-refractivity contribution in [3.8, 4) is 11.3 Å². The molecule has 162 valence electrons. The summed E-state index contributed by atoms with van der Waals surface area (Å²) in [5.74, 6) is -0.0875. The summed E-state index contributed by atoms with van der Waals surface area (Å²) >= 11 is 0. The quantitative estimate of drug-likeness (QED) is 0.338. The van der Waals surface area contributed by atoms with Crippen molar-refractivity contribution in [1.82, 2.24) is 20.2 Å². The normalized spacial score (nSPS) is 11.2. The molecule has 2 aromatic carbocycles. The van der Waals surface area contributed by atoms with E-state index >= 15 is 0 Å². The number of hydrogen-bond donors (Lipinski definition) is 4. The summed E-state index contributed by atoms with van der Waals surface area (Å²) in [4.78, 5) is 20.3. The van der Waals surface area contributed by atoms with Crippen LogP contribution in [0.3, 0.4) is 0 Å². The first-order valence-electron chi connectivity index (χ1n) is 9.44. The maximum absolute atomic E-state index is 12.6. The number of aromatic nitrogens is 4. The van der Waals surface area contributed by atoms with E-state index in [1.165, 1.54) is 24.7 Å². The number of rotatable bonds is 7. The highest BCUT2D eigenvalue weighted by atomic mass is 32.2. The van der Waals surface area contributed by atoms with Gasteiger partial charge in [-0.1, -0.05) is 24.3 Å². The average molecular weight is 449 g/mol. The molecule has 0 radical (unpaired) electrons. The lowest BCUT2D eigenvalue weighted by Crippen LogP contribution is -2.14. The summed E-state index contributed by atoms with van der Waals surface area (Å²) in [7, 11) is -3.73. The number of hydrogen-bond acceptors (Lipinski definition) is 7.